The Morgan fingerprint density at radius 1 is 1.28 bits per heavy atom. The fourth-order valence-corrected chi connectivity index (χ4v) is 2.87. The van der Waals surface area contributed by atoms with Crippen LogP contribution >= 0.6 is 0 Å². The van der Waals surface area contributed by atoms with Crippen LogP contribution in [0.2, 0.25) is 0 Å². The van der Waals surface area contributed by atoms with E-state index in [9.17, 15) is 0 Å². The molecule has 1 N–H and O–H groups in total. The fraction of sp³-hybridized carbons (Fsp3) is 0.571. The molecule has 1 aliphatic rings. The molecule has 96 valence electrons. The standard InChI is InChI=1S/C14H20N4/c1-10-4-3-9-18-14(10)16-13(17-18)11-5-7-12(15-2)8-6-11/h3-4,9,11-12,15H,5-8H2,1-2H3. The summed E-state index contributed by atoms with van der Waals surface area (Å²) in [6, 6.07) is 4.80. The predicted octanol–water partition coefficient (Wildman–Crippen LogP) is 2.28. The third-order valence-electron chi connectivity index (χ3n) is 4.07. The molecule has 1 aliphatic carbocycles. The number of nitrogens with zero attached hydrogens (tertiary/aromatic N) is 3. The van der Waals surface area contributed by atoms with Crippen LogP contribution in [-0.2, 0) is 0 Å². The van der Waals surface area contributed by atoms with Gasteiger partial charge in [-0.05, 0) is 51.3 Å². The molecule has 2 aromatic heterocycles. The molecule has 18 heavy (non-hydrogen) atoms. The van der Waals surface area contributed by atoms with Crippen molar-refractivity contribution in [1.82, 2.24) is 19.9 Å². The molecule has 0 saturated heterocycles. The number of fused-ring (bicyclic) bond motifs is 1. The Labute approximate surface area is 107 Å². The molecule has 0 amide bonds. The van der Waals surface area contributed by atoms with Crippen molar-refractivity contribution in [3.8, 4) is 0 Å². The van der Waals surface area contributed by atoms with Gasteiger partial charge in [-0.2, -0.15) is 5.10 Å². The fourth-order valence-electron chi connectivity index (χ4n) is 2.87. The summed E-state index contributed by atoms with van der Waals surface area (Å²) in [6.07, 6.45) is 6.84. The Morgan fingerprint density at radius 2 is 2.06 bits per heavy atom. The molecule has 0 atom stereocenters. The molecular formula is C14H20N4. The van der Waals surface area contributed by atoms with E-state index in [0.717, 1.165) is 11.5 Å². The van der Waals surface area contributed by atoms with Gasteiger partial charge in [-0.15, -0.1) is 0 Å². The largest absolute Gasteiger partial charge is 0.317 e. The molecule has 4 nitrogen and oxygen atoms in total. The lowest BCUT2D eigenvalue weighted by Gasteiger charge is -2.26. The van der Waals surface area contributed by atoms with Crippen LogP contribution in [0.5, 0.6) is 0 Å². The van der Waals surface area contributed by atoms with Crippen LogP contribution in [0, 0.1) is 6.92 Å². The number of hydrogen-bond donors (Lipinski definition) is 1. The third kappa shape index (κ3) is 2.01. The summed E-state index contributed by atoms with van der Waals surface area (Å²) in [4.78, 5) is 4.72. The van der Waals surface area contributed by atoms with Crippen LogP contribution in [0.1, 0.15) is 43.0 Å². The summed E-state index contributed by atoms with van der Waals surface area (Å²) in [7, 11) is 2.05. The highest BCUT2D eigenvalue weighted by atomic mass is 15.3. The quantitative estimate of drug-likeness (QED) is 0.881. The average molecular weight is 244 g/mol. The summed E-state index contributed by atoms with van der Waals surface area (Å²) < 4.78 is 1.91. The van der Waals surface area contributed by atoms with Crippen molar-refractivity contribution in [3.63, 3.8) is 0 Å². The molecule has 1 fully saturated rings. The van der Waals surface area contributed by atoms with Crippen molar-refractivity contribution in [2.24, 2.45) is 0 Å². The minimum atomic E-state index is 0.536. The van der Waals surface area contributed by atoms with E-state index in [-0.39, 0.29) is 0 Å². The van der Waals surface area contributed by atoms with Gasteiger partial charge in [0.15, 0.2) is 11.5 Å². The van der Waals surface area contributed by atoms with Crippen molar-refractivity contribution in [1.29, 1.82) is 0 Å². The first-order valence-electron chi connectivity index (χ1n) is 6.77. The number of aryl methyl sites for hydroxylation is 1. The van der Waals surface area contributed by atoms with E-state index in [1.54, 1.807) is 0 Å². The number of hydrogen-bond acceptors (Lipinski definition) is 3. The zero-order valence-corrected chi connectivity index (χ0v) is 11.1. The van der Waals surface area contributed by atoms with E-state index in [1.807, 2.05) is 16.8 Å². The smallest absolute Gasteiger partial charge is 0.158 e. The molecule has 0 radical (unpaired) electrons. The molecule has 0 unspecified atom stereocenters. The number of aromatic nitrogens is 3. The summed E-state index contributed by atoms with van der Waals surface area (Å²) in [5, 5.41) is 8.00. The Balaban J connectivity index is 1.85. The average Bonchev–Trinajstić information content (AvgIpc) is 2.84. The zero-order valence-electron chi connectivity index (χ0n) is 11.1. The summed E-state index contributed by atoms with van der Waals surface area (Å²) in [5.74, 6) is 1.56. The molecule has 0 aromatic carbocycles. The van der Waals surface area contributed by atoms with Gasteiger partial charge in [-0.25, -0.2) is 9.50 Å². The summed E-state index contributed by atoms with van der Waals surface area (Å²) >= 11 is 0. The summed E-state index contributed by atoms with van der Waals surface area (Å²) in [5.41, 5.74) is 2.20. The van der Waals surface area contributed by atoms with Crippen LogP contribution in [-0.4, -0.2) is 27.7 Å². The molecular weight excluding hydrogens is 224 g/mol. The normalized spacial score (nSPS) is 24.6. The van der Waals surface area contributed by atoms with E-state index in [1.165, 1.54) is 31.2 Å². The van der Waals surface area contributed by atoms with Gasteiger partial charge in [0.2, 0.25) is 0 Å². The summed E-state index contributed by atoms with van der Waals surface area (Å²) in [6.45, 7) is 2.09. The topological polar surface area (TPSA) is 42.2 Å². The van der Waals surface area contributed by atoms with Crippen molar-refractivity contribution < 1.29 is 0 Å². The first-order chi connectivity index (χ1) is 8.78. The van der Waals surface area contributed by atoms with Gasteiger partial charge in [-0.3, -0.25) is 0 Å². The van der Waals surface area contributed by atoms with Crippen molar-refractivity contribution >= 4 is 5.65 Å². The molecule has 1 saturated carbocycles. The lowest BCUT2D eigenvalue weighted by Crippen LogP contribution is -2.29. The van der Waals surface area contributed by atoms with E-state index in [4.69, 9.17) is 4.98 Å². The molecule has 4 heteroatoms. The van der Waals surface area contributed by atoms with Gasteiger partial charge < -0.3 is 5.32 Å². The lowest BCUT2D eigenvalue weighted by molar-refractivity contribution is 0.351. The van der Waals surface area contributed by atoms with Gasteiger partial charge >= 0.3 is 0 Å². The zero-order chi connectivity index (χ0) is 12.5. The SMILES string of the molecule is CNC1CCC(c2nc3c(C)cccn3n2)CC1. The monoisotopic (exact) mass is 244 g/mol. The molecule has 2 heterocycles. The van der Waals surface area contributed by atoms with Crippen LogP contribution in [0.25, 0.3) is 5.65 Å². The first-order valence-corrected chi connectivity index (χ1v) is 6.77. The number of nitrogens with one attached hydrogen (secondary N) is 1. The Bertz CT molecular complexity index is 538. The van der Waals surface area contributed by atoms with Gasteiger partial charge in [-0.1, -0.05) is 6.07 Å². The van der Waals surface area contributed by atoms with Crippen LogP contribution < -0.4 is 5.32 Å². The van der Waals surface area contributed by atoms with Gasteiger partial charge in [0.25, 0.3) is 0 Å². The highest BCUT2D eigenvalue weighted by Crippen LogP contribution is 2.31. The number of rotatable bonds is 2. The van der Waals surface area contributed by atoms with E-state index in [0.29, 0.717) is 12.0 Å². The number of pyridine rings is 1. The maximum Gasteiger partial charge on any atom is 0.158 e. The minimum absolute atomic E-state index is 0.536. The second-order valence-electron chi connectivity index (χ2n) is 5.27. The Morgan fingerprint density at radius 3 is 2.72 bits per heavy atom. The van der Waals surface area contributed by atoms with Gasteiger partial charge in [0.05, 0.1) is 0 Å². The van der Waals surface area contributed by atoms with E-state index >= 15 is 0 Å². The maximum absolute atomic E-state index is 4.72. The molecule has 3 rings (SSSR count). The minimum Gasteiger partial charge on any atom is -0.317 e. The molecule has 0 spiro atoms. The Hall–Kier alpha value is -1.42. The van der Waals surface area contributed by atoms with Crippen LogP contribution in [0.15, 0.2) is 18.3 Å². The van der Waals surface area contributed by atoms with Gasteiger partial charge in [0, 0.05) is 18.2 Å². The molecule has 0 bridgehead atoms. The van der Waals surface area contributed by atoms with Crippen molar-refractivity contribution in [3.05, 3.63) is 29.7 Å². The lowest BCUT2D eigenvalue weighted by atomic mass is 9.86. The molecule has 0 aliphatic heterocycles. The first kappa shape index (κ1) is 11.7. The predicted molar refractivity (Wildman–Crippen MR) is 71.8 cm³/mol. The van der Waals surface area contributed by atoms with Crippen molar-refractivity contribution in [2.45, 2.75) is 44.6 Å². The Kier molecular flexibility index (Phi) is 3.04. The highest BCUT2D eigenvalue weighted by molar-refractivity contribution is 5.46. The molecule has 2 aromatic rings. The second kappa shape index (κ2) is 4.69. The second-order valence-corrected chi connectivity index (χ2v) is 5.27. The van der Waals surface area contributed by atoms with Crippen molar-refractivity contribution in [2.75, 3.05) is 7.05 Å². The van der Waals surface area contributed by atoms with E-state index < -0.39 is 0 Å². The van der Waals surface area contributed by atoms with E-state index in [2.05, 4.69) is 30.5 Å². The third-order valence-corrected chi connectivity index (χ3v) is 4.07. The van der Waals surface area contributed by atoms with Gasteiger partial charge in [0.1, 0.15) is 0 Å². The van der Waals surface area contributed by atoms with Crippen LogP contribution in [0.3, 0.4) is 0 Å². The maximum atomic E-state index is 4.72. The van der Waals surface area contributed by atoms with Crippen LogP contribution in [0.4, 0.5) is 0 Å². The highest BCUT2D eigenvalue weighted by Gasteiger charge is 2.24.